The number of benzene rings is 1. The number of hydrogen-bond acceptors (Lipinski definition) is 3. The molecule has 0 bridgehead atoms. The fraction of sp³-hybridized carbons (Fsp3) is 0.538. The molecular weight excluding hydrogens is 221 g/mol. The molecule has 2 rings (SSSR count). The summed E-state index contributed by atoms with van der Waals surface area (Å²) in [7, 11) is 1.54. The average molecular weight is 239 g/mol. The molecule has 0 radical (unpaired) electrons. The molecule has 1 aliphatic rings. The molecule has 1 aromatic carbocycles. The molecule has 4 heteroatoms. The molecule has 17 heavy (non-hydrogen) atoms. The van der Waals surface area contributed by atoms with E-state index in [9.17, 15) is 4.39 Å². The Morgan fingerprint density at radius 1 is 1.53 bits per heavy atom. The standard InChI is InChI=1S/C13H18FNO2/c1-9(10-5-6-17-8-10)15-12-4-3-11(14)7-13(12)16-2/h3-4,7,9-10,15H,5-6,8H2,1-2H3. The van der Waals surface area contributed by atoms with Gasteiger partial charge in [-0.1, -0.05) is 0 Å². The van der Waals surface area contributed by atoms with Gasteiger partial charge in [0.1, 0.15) is 11.6 Å². The topological polar surface area (TPSA) is 30.5 Å². The predicted octanol–water partition coefficient (Wildman–Crippen LogP) is 2.67. The molecule has 0 aromatic heterocycles. The second-order valence-corrected chi connectivity index (χ2v) is 4.40. The molecular formula is C13H18FNO2. The van der Waals surface area contributed by atoms with Crippen LogP contribution in [0.15, 0.2) is 18.2 Å². The van der Waals surface area contributed by atoms with Crippen molar-refractivity contribution in [1.82, 2.24) is 0 Å². The van der Waals surface area contributed by atoms with Crippen LogP contribution in [0.5, 0.6) is 5.75 Å². The minimum atomic E-state index is -0.288. The minimum Gasteiger partial charge on any atom is -0.494 e. The van der Waals surface area contributed by atoms with Gasteiger partial charge >= 0.3 is 0 Å². The van der Waals surface area contributed by atoms with Crippen molar-refractivity contribution in [2.24, 2.45) is 5.92 Å². The van der Waals surface area contributed by atoms with Crippen LogP contribution in [0.2, 0.25) is 0 Å². The number of methoxy groups -OCH3 is 1. The summed E-state index contributed by atoms with van der Waals surface area (Å²) in [5.41, 5.74) is 0.827. The van der Waals surface area contributed by atoms with E-state index in [2.05, 4.69) is 12.2 Å². The Labute approximate surface area is 101 Å². The second-order valence-electron chi connectivity index (χ2n) is 4.40. The van der Waals surface area contributed by atoms with Crippen LogP contribution in [0.4, 0.5) is 10.1 Å². The quantitative estimate of drug-likeness (QED) is 0.876. The van der Waals surface area contributed by atoms with E-state index in [1.807, 2.05) is 0 Å². The predicted molar refractivity (Wildman–Crippen MR) is 65.0 cm³/mol. The van der Waals surface area contributed by atoms with Gasteiger partial charge in [-0.15, -0.1) is 0 Å². The van der Waals surface area contributed by atoms with Crippen molar-refractivity contribution in [2.45, 2.75) is 19.4 Å². The molecule has 1 N–H and O–H groups in total. The van der Waals surface area contributed by atoms with Crippen molar-refractivity contribution >= 4 is 5.69 Å². The van der Waals surface area contributed by atoms with Gasteiger partial charge in [-0.05, 0) is 25.5 Å². The van der Waals surface area contributed by atoms with Crippen molar-refractivity contribution in [3.05, 3.63) is 24.0 Å². The summed E-state index contributed by atoms with van der Waals surface area (Å²) < 4.78 is 23.6. The Bertz CT molecular complexity index is 378. The van der Waals surface area contributed by atoms with E-state index in [1.54, 1.807) is 13.2 Å². The highest BCUT2D eigenvalue weighted by Gasteiger charge is 2.22. The number of ether oxygens (including phenoxy) is 2. The molecule has 1 aliphatic heterocycles. The maximum Gasteiger partial charge on any atom is 0.144 e. The molecule has 0 aliphatic carbocycles. The Morgan fingerprint density at radius 2 is 2.35 bits per heavy atom. The zero-order valence-corrected chi connectivity index (χ0v) is 10.2. The maximum absolute atomic E-state index is 13.0. The lowest BCUT2D eigenvalue weighted by Crippen LogP contribution is -2.26. The Kier molecular flexibility index (Phi) is 3.84. The highest BCUT2D eigenvalue weighted by atomic mass is 19.1. The van der Waals surface area contributed by atoms with Crippen molar-refractivity contribution < 1.29 is 13.9 Å². The molecule has 1 aromatic rings. The van der Waals surface area contributed by atoms with Crippen molar-refractivity contribution in [3.63, 3.8) is 0 Å². The Hall–Kier alpha value is -1.29. The van der Waals surface area contributed by atoms with E-state index in [0.717, 1.165) is 25.3 Å². The molecule has 0 amide bonds. The van der Waals surface area contributed by atoms with Gasteiger partial charge in [-0.3, -0.25) is 0 Å². The van der Waals surface area contributed by atoms with Crippen LogP contribution in [0.1, 0.15) is 13.3 Å². The SMILES string of the molecule is COc1cc(F)ccc1NC(C)C1CCOC1. The van der Waals surface area contributed by atoms with E-state index in [0.29, 0.717) is 11.7 Å². The summed E-state index contributed by atoms with van der Waals surface area (Å²) in [6.07, 6.45) is 1.07. The third-order valence-corrected chi connectivity index (χ3v) is 3.22. The van der Waals surface area contributed by atoms with Crippen molar-refractivity contribution in [2.75, 3.05) is 25.6 Å². The Balaban J connectivity index is 2.06. The highest BCUT2D eigenvalue weighted by molar-refractivity contribution is 5.57. The lowest BCUT2D eigenvalue weighted by atomic mass is 10.0. The number of anilines is 1. The summed E-state index contributed by atoms with van der Waals surface area (Å²) in [4.78, 5) is 0. The first kappa shape index (κ1) is 12.2. The van der Waals surface area contributed by atoms with Gasteiger partial charge in [0.05, 0.1) is 19.4 Å². The molecule has 0 saturated carbocycles. The highest BCUT2D eigenvalue weighted by Crippen LogP contribution is 2.28. The van der Waals surface area contributed by atoms with Crippen molar-refractivity contribution in [3.8, 4) is 5.75 Å². The lowest BCUT2D eigenvalue weighted by Gasteiger charge is -2.21. The van der Waals surface area contributed by atoms with E-state index in [1.165, 1.54) is 12.1 Å². The van der Waals surface area contributed by atoms with Crippen molar-refractivity contribution in [1.29, 1.82) is 0 Å². The van der Waals surface area contributed by atoms with Crippen LogP contribution in [-0.4, -0.2) is 26.4 Å². The molecule has 2 unspecified atom stereocenters. The van der Waals surface area contributed by atoms with Gasteiger partial charge in [-0.25, -0.2) is 4.39 Å². The summed E-state index contributed by atoms with van der Waals surface area (Å²) in [5, 5.41) is 3.36. The van der Waals surface area contributed by atoms with Crippen LogP contribution < -0.4 is 10.1 Å². The van der Waals surface area contributed by atoms with E-state index >= 15 is 0 Å². The third kappa shape index (κ3) is 2.88. The van der Waals surface area contributed by atoms with Crippen LogP contribution >= 0.6 is 0 Å². The Morgan fingerprint density at radius 3 is 3.00 bits per heavy atom. The number of rotatable bonds is 4. The van der Waals surface area contributed by atoms with Gasteiger partial charge < -0.3 is 14.8 Å². The summed E-state index contributed by atoms with van der Waals surface area (Å²) in [6, 6.07) is 4.82. The molecule has 94 valence electrons. The van der Waals surface area contributed by atoms with E-state index in [-0.39, 0.29) is 11.9 Å². The number of nitrogens with one attached hydrogen (secondary N) is 1. The zero-order chi connectivity index (χ0) is 12.3. The van der Waals surface area contributed by atoms with Crippen LogP contribution in [0.3, 0.4) is 0 Å². The molecule has 1 fully saturated rings. The molecule has 3 nitrogen and oxygen atoms in total. The monoisotopic (exact) mass is 239 g/mol. The fourth-order valence-electron chi connectivity index (χ4n) is 2.09. The van der Waals surface area contributed by atoms with Crippen LogP contribution in [-0.2, 0) is 4.74 Å². The molecule has 1 heterocycles. The van der Waals surface area contributed by atoms with E-state index < -0.39 is 0 Å². The van der Waals surface area contributed by atoms with Crippen LogP contribution in [0, 0.1) is 11.7 Å². The molecule has 0 spiro atoms. The van der Waals surface area contributed by atoms with Gasteiger partial charge in [0.2, 0.25) is 0 Å². The summed E-state index contributed by atoms with van der Waals surface area (Å²) in [5.74, 6) is 0.754. The first-order chi connectivity index (χ1) is 8.20. The normalized spacial score (nSPS) is 21.2. The molecule has 1 saturated heterocycles. The molecule has 2 atom stereocenters. The van der Waals surface area contributed by atoms with Gasteiger partial charge in [0.25, 0.3) is 0 Å². The smallest absolute Gasteiger partial charge is 0.144 e. The summed E-state index contributed by atoms with van der Waals surface area (Å²) >= 11 is 0. The first-order valence-corrected chi connectivity index (χ1v) is 5.88. The zero-order valence-electron chi connectivity index (χ0n) is 10.2. The third-order valence-electron chi connectivity index (χ3n) is 3.22. The maximum atomic E-state index is 13.0. The average Bonchev–Trinajstić information content (AvgIpc) is 2.85. The van der Waals surface area contributed by atoms with E-state index in [4.69, 9.17) is 9.47 Å². The number of hydrogen-bond donors (Lipinski definition) is 1. The van der Waals surface area contributed by atoms with Crippen LogP contribution in [0.25, 0.3) is 0 Å². The fourth-order valence-corrected chi connectivity index (χ4v) is 2.09. The first-order valence-electron chi connectivity index (χ1n) is 5.88. The van der Waals surface area contributed by atoms with Gasteiger partial charge in [0.15, 0.2) is 0 Å². The largest absolute Gasteiger partial charge is 0.494 e. The lowest BCUT2D eigenvalue weighted by molar-refractivity contribution is 0.183. The second kappa shape index (κ2) is 5.36. The van der Waals surface area contributed by atoms with Gasteiger partial charge in [-0.2, -0.15) is 0 Å². The van der Waals surface area contributed by atoms with Gasteiger partial charge in [0, 0.05) is 24.6 Å². The summed E-state index contributed by atoms with van der Waals surface area (Å²) in [6.45, 7) is 3.73. The minimum absolute atomic E-state index is 0.288. The number of halogens is 1.